The Hall–Kier alpha value is -1.46. The molecule has 0 aliphatic carbocycles. The number of rotatable bonds is 6. The van der Waals surface area contributed by atoms with Crippen molar-refractivity contribution in [2.45, 2.75) is 25.9 Å². The van der Waals surface area contributed by atoms with E-state index in [1.165, 1.54) is 0 Å². The van der Waals surface area contributed by atoms with Gasteiger partial charge in [-0.15, -0.1) is 0 Å². The van der Waals surface area contributed by atoms with Crippen LogP contribution in [0.15, 0.2) is 24.5 Å². The second kappa shape index (κ2) is 7.21. The molecule has 5 nitrogen and oxygen atoms in total. The van der Waals surface area contributed by atoms with E-state index in [0.29, 0.717) is 6.54 Å². The molecular formula is C14H24N4O. The van der Waals surface area contributed by atoms with Gasteiger partial charge in [-0.05, 0) is 31.2 Å². The number of likely N-dealkylation sites (N-methyl/N-ethyl adjacent to an activating group) is 2. The fraction of sp³-hybridized carbons (Fsp3) is 0.571. The van der Waals surface area contributed by atoms with Crippen LogP contribution in [0.4, 0.5) is 0 Å². The normalized spacial score (nSPS) is 14.2. The highest BCUT2D eigenvalue weighted by atomic mass is 16.2. The Kier molecular flexibility index (Phi) is 5.92. The minimum Gasteiger partial charge on any atom is -0.348 e. The van der Waals surface area contributed by atoms with E-state index in [2.05, 4.69) is 9.88 Å². The molecule has 1 amide bonds. The van der Waals surface area contributed by atoms with Gasteiger partial charge >= 0.3 is 0 Å². The van der Waals surface area contributed by atoms with Crippen molar-refractivity contribution >= 4 is 5.91 Å². The van der Waals surface area contributed by atoms with Gasteiger partial charge in [0, 0.05) is 32.5 Å². The minimum absolute atomic E-state index is 0.0249. The molecule has 2 N–H and O–H groups in total. The standard InChI is InChI=1S/C14H24N4O/c1-5-18(10-13(19)17(3)4)14(11(2)15)12-6-8-16-9-7-12/h6-9,11,14H,5,10,15H2,1-4H3. The van der Waals surface area contributed by atoms with Crippen molar-refractivity contribution in [3.63, 3.8) is 0 Å². The molecule has 0 spiro atoms. The molecule has 0 aliphatic heterocycles. The average molecular weight is 264 g/mol. The van der Waals surface area contributed by atoms with Gasteiger partial charge in [-0.2, -0.15) is 0 Å². The maximum atomic E-state index is 11.9. The van der Waals surface area contributed by atoms with Crippen LogP contribution in [0.2, 0.25) is 0 Å². The monoisotopic (exact) mass is 264 g/mol. The zero-order valence-electron chi connectivity index (χ0n) is 12.2. The molecule has 2 unspecified atom stereocenters. The highest BCUT2D eigenvalue weighted by Gasteiger charge is 2.25. The number of hydrogen-bond donors (Lipinski definition) is 1. The molecule has 0 radical (unpaired) electrons. The molecule has 19 heavy (non-hydrogen) atoms. The Balaban J connectivity index is 2.93. The molecule has 0 saturated heterocycles. The molecule has 1 aromatic rings. The SMILES string of the molecule is CCN(CC(=O)N(C)C)C(c1ccncc1)C(C)N. The molecule has 1 heterocycles. The van der Waals surface area contributed by atoms with Crippen molar-refractivity contribution in [2.24, 2.45) is 5.73 Å². The molecule has 0 saturated carbocycles. The number of pyridine rings is 1. The molecular weight excluding hydrogens is 240 g/mol. The van der Waals surface area contributed by atoms with Crippen molar-refractivity contribution in [3.8, 4) is 0 Å². The summed E-state index contributed by atoms with van der Waals surface area (Å²) < 4.78 is 0. The Morgan fingerprint density at radius 3 is 2.37 bits per heavy atom. The fourth-order valence-electron chi connectivity index (χ4n) is 2.13. The summed E-state index contributed by atoms with van der Waals surface area (Å²) in [5.74, 6) is 0.0848. The van der Waals surface area contributed by atoms with Crippen LogP contribution < -0.4 is 5.73 Å². The highest BCUT2D eigenvalue weighted by molar-refractivity contribution is 5.77. The second-order valence-corrected chi connectivity index (χ2v) is 4.94. The lowest BCUT2D eigenvalue weighted by atomic mass is 10.00. The van der Waals surface area contributed by atoms with Gasteiger partial charge in [0.2, 0.25) is 5.91 Å². The first-order chi connectivity index (χ1) is 8.97. The Labute approximate surface area is 115 Å². The van der Waals surface area contributed by atoms with E-state index in [-0.39, 0.29) is 18.0 Å². The third-order valence-electron chi connectivity index (χ3n) is 3.18. The maximum absolute atomic E-state index is 11.9. The van der Waals surface area contributed by atoms with Gasteiger partial charge < -0.3 is 10.6 Å². The van der Waals surface area contributed by atoms with Crippen molar-refractivity contribution in [3.05, 3.63) is 30.1 Å². The van der Waals surface area contributed by atoms with Gasteiger partial charge in [-0.3, -0.25) is 14.7 Å². The van der Waals surface area contributed by atoms with Gasteiger partial charge in [0.1, 0.15) is 0 Å². The van der Waals surface area contributed by atoms with Crippen LogP contribution in [0, 0.1) is 0 Å². The lowest BCUT2D eigenvalue weighted by Crippen LogP contribution is -2.44. The van der Waals surface area contributed by atoms with E-state index in [4.69, 9.17) is 5.73 Å². The van der Waals surface area contributed by atoms with E-state index in [0.717, 1.165) is 12.1 Å². The zero-order chi connectivity index (χ0) is 14.4. The first-order valence-electron chi connectivity index (χ1n) is 6.57. The molecule has 1 aromatic heterocycles. The quantitative estimate of drug-likeness (QED) is 0.828. The summed E-state index contributed by atoms with van der Waals surface area (Å²) in [6, 6.07) is 3.88. The van der Waals surface area contributed by atoms with Crippen LogP contribution in [0.25, 0.3) is 0 Å². The highest BCUT2D eigenvalue weighted by Crippen LogP contribution is 2.22. The molecule has 0 fully saturated rings. The molecule has 0 aromatic carbocycles. The lowest BCUT2D eigenvalue weighted by molar-refractivity contribution is -0.130. The average Bonchev–Trinajstić information content (AvgIpc) is 2.38. The predicted octanol–water partition coefficient (Wildman–Crippen LogP) is 0.880. The number of aromatic nitrogens is 1. The second-order valence-electron chi connectivity index (χ2n) is 4.94. The number of hydrogen-bond acceptors (Lipinski definition) is 4. The van der Waals surface area contributed by atoms with Crippen LogP contribution in [-0.4, -0.2) is 53.9 Å². The van der Waals surface area contributed by atoms with Gasteiger partial charge in [-0.1, -0.05) is 6.92 Å². The summed E-state index contributed by atoms with van der Waals surface area (Å²) >= 11 is 0. The Morgan fingerprint density at radius 2 is 1.95 bits per heavy atom. The van der Waals surface area contributed by atoms with E-state index in [9.17, 15) is 4.79 Å². The van der Waals surface area contributed by atoms with Crippen molar-refractivity contribution < 1.29 is 4.79 Å². The van der Waals surface area contributed by atoms with Crippen molar-refractivity contribution in [2.75, 3.05) is 27.2 Å². The fourth-order valence-corrected chi connectivity index (χ4v) is 2.13. The first-order valence-corrected chi connectivity index (χ1v) is 6.57. The molecule has 5 heteroatoms. The summed E-state index contributed by atoms with van der Waals surface area (Å²) in [7, 11) is 3.53. The molecule has 0 aliphatic rings. The number of carbonyl (C=O) groups excluding carboxylic acids is 1. The van der Waals surface area contributed by atoms with Crippen LogP contribution in [-0.2, 0) is 4.79 Å². The summed E-state index contributed by atoms with van der Waals surface area (Å²) in [6.45, 7) is 5.15. The number of nitrogens with two attached hydrogens (primary N) is 1. The molecule has 2 atom stereocenters. The number of carbonyl (C=O) groups is 1. The van der Waals surface area contributed by atoms with Crippen molar-refractivity contribution in [1.29, 1.82) is 0 Å². The third-order valence-corrected chi connectivity index (χ3v) is 3.18. The minimum atomic E-state index is -0.0580. The first kappa shape index (κ1) is 15.6. The largest absolute Gasteiger partial charge is 0.348 e. The van der Waals surface area contributed by atoms with Crippen LogP contribution >= 0.6 is 0 Å². The van der Waals surface area contributed by atoms with Gasteiger partial charge in [0.25, 0.3) is 0 Å². The van der Waals surface area contributed by atoms with E-state index >= 15 is 0 Å². The van der Waals surface area contributed by atoms with E-state index in [1.807, 2.05) is 26.0 Å². The number of amides is 1. The van der Waals surface area contributed by atoms with Gasteiger partial charge in [0.15, 0.2) is 0 Å². The van der Waals surface area contributed by atoms with Crippen LogP contribution in [0.5, 0.6) is 0 Å². The third kappa shape index (κ3) is 4.29. The van der Waals surface area contributed by atoms with Crippen molar-refractivity contribution in [1.82, 2.24) is 14.8 Å². The van der Waals surface area contributed by atoms with Crippen LogP contribution in [0.3, 0.4) is 0 Å². The summed E-state index contributed by atoms with van der Waals surface area (Å²) in [5, 5.41) is 0. The summed E-state index contributed by atoms with van der Waals surface area (Å²) in [4.78, 5) is 19.6. The summed E-state index contributed by atoms with van der Waals surface area (Å²) in [6.07, 6.45) is 3.51. The number of nitrogens with zero attached hydrogens (tertiary/aromatic N) is 3. The van der Waals surface area contributed by atoms with Gasteiger partial charge in [-0.25, -0.2) is 0 Å². The van der Waals surface area contributed by atoms with Gasteiger partial charge in [0.05, 0.1) is 12.6 Å². The van der Waals surface area contributed by atoms with E-state index < -0.39 is 0 Å². The summed E-state index contributed by atoms with van der Waals surface area (Å²) in [5.41, 5.74) is 7.21. The maximum Gasteiger partial charge on any atom is 0.236 e. The predicted molar refractivity (Wildman–Crippen MR) is 76.6 cm³/mol. The molecule has 1 rings (SSSR count). The molecule has 0 bridgehead atoms. The molecule has 106 valence electrons. The lowest BCUT2D eigenvalue weighted by Gasteiger charge is -2.33. The topological polar surface area (TPSA) is 62.5 Å². The smallest absolute Gasteiger partial charge is 0.236 e. The van der Waals surface area contributed by atoms with E-state index in [1.54, 1.807) is 31.4 Å². The van der Waals surface area contributed by atoms with Crippen LogP contribution in [0.1, 0.15) is 25.5 Å². The zero-order valence-corrected chi connectivity index (χ0v) is 12.2. The Morgan fingerprint density at radius 1 is 1.37 bits per heavy atom. The Bertz CT molecular complexity index is 392.